The Morgan fingerprint density at radius 2 is 1.61 bits per heavy atom. The van der Waals surface area contributed by atoms with E-state index in [0.29, 0.717) is 12.0 Å². The Morgan fingerprint density at radius 1 is 1.00 bits per heavy atom. The minimum atomic E-state index is -0.786. The van der Waals surface area contributed by atoms with Gasteiger partial charge in [0.1, 0.15) is 11.6 Å². The van der Waals surface area contributed by atoms with E-state index in [1.54, 1.807) is 18.2 Å². The van der Waals surface area contributed by atoms with Crippen LogP contribution in [-0.2, 0) is 6.42 Å². The molecule has 0 aliphatic rings. The molecule has 0 bridgehead atoms. The van der Waals surface area contributed by atoms with Crippen LogP contribution in [-0.4, -0.2) is 5.11 Å². The normalized spacial score (nSPS) is 12.4. The lowest BCUT2D eigenvalue weighted by atomic mass is 9.97. The van der Waals surface area contributed by atoms with Gasteiger partial charge in [-0.25, -0.2) is 8.78 Å². The van der Waals surface area contributed by atoms with Crippen molar-refractivity contribution in [2.75, 3.05) is 0 Å². The molecule has 2 aromatic rings. The molecule has 94 valence electrons. The molecular weight excluding hydrogens is 234 g/mol. The molecule has 0 amide bonds. The van der Waals surface area contributed by atoms with E-state index in [1.807, 2.05) is 6.92 Å². The molecule has 0 saturated heterocycles. The van der Waals surface area contributed by atoms with E-state index in [-0.39, 0.29) is 11.6 Å². The lowest BCUT2D eigenvalue weighted by Crippen LogP contribution is -2.04. The highest BCUT2D eigenvalue weighted by Crippen LogP contribution is 2.22. The van der Waals surface area contributed by atoms with Gasteiger partial charge in [0.2, 0.25) is 0 Å². The molecule has 0 aromatic heterocycles. The van der Waals surface area contributed by atoms with Crippen LogP contribution in [0.15, 0.2) is 42.5 Å². The van der Waals surface area contributed by atoms with Gasteiger partial charge in [0.15, 0.2) is 0 Å². The van der Waals surface area contributed by atoms with Crippen molar-refractivity contribution in [3.8, 4) is 0 Å². The number of aryl methyl sites for hydroxylation is 1. The van der Waals surface area contributed by atoms with Crippen LogP contribution in [0.1, 0.15) is 22.8 Å². The fourth-order valence-corrected chi connectivity index (χ4v) is 1.92. The lowest BCUT2D eigenvalue weighted by Gasteiger charge is -2.14. The zero-order chi connectivity index (χ0) is 13.1. The maximum atomic E-state index is 13.1. The van der Waals surface area contributed by atoms with Crippen molar-refractivity contribution in [1.82, 2.24) is 0 Å². The van der Waals surface area contributed by atoms with Crippen LogP contribution in [0.25, 0.3) is 0 Å². The van der Waals surface area contributed by atoms with Crippen LogP contribution >= 0.6 is 0 Å². The standard InChI is InChI=1S/C15H14F2O/c1-10-2-5-13(17)9-14(10)15(18)8-11-3-6-12(16)7-4-11/h2-7,9,15,18H,8H2,1H3. The van der Waals surface area contributed by atoms with E-state index in [9.17, 15) is 13.9 Å². The zero-order valence-electron chi connectivity index (χ0n) is 10.0. The quantitative estimate of drug-likeness (QED) is 0.880. The van der Waals surface area contributed by atoms with Gasteiger partial charge in [-0.1, -0.05) is 18.2 Å². The lowest BCUT2D eigenvalue weighted by molar-refractivity contribution is 0.177. The number of hydrogen-bond donors (Lipinski definition) is 1. The topological polar surface area (TPSA) is 20.2 Å². The van der Waals surface area contributed by atoms with Gasteiger partial charge in [-0.3, -0.25) is 0 Å². The summed E-state index contributed by atoms with van der Waals surface area (Å²) in [6, 6.07) is 10.3. The van der Waals surface area contributed by atoms with E-state index >= 15 is 0 Å². The Kier molecular flexibility index (Phi) is 3.72. The summed E-state index contributed by atoms with van der Waals surface area (Å²) in [4.78, 5) is 0. The minimum absolute atomic E-state index is 0.310. The van der Waals surface area contributed by atoms with Gasteiger partial charge in [0.25, 0.3) is 0 Å². The summed E-state index contributed by atoms with van der Waals surface area (Å²) in [5, 5.41) is 10.1. The summed E-state index contributed by atoms with van der Waals surface area (Å²) < 4.78 is 25.9. The summed E-state index contributed by atoms with van der Waals surface area (Å²) in [6.45, 7) is 1.82. The van der Waals surface area contributed by atoms with Crippen molar-refractivity contribution >= 4 is 0 Å². The Hall–Kier alpha value is -1.74. The number of hydrogen-bond acceptors (Lipinski definition) is 1. The predicted octanol–water partition coefficient (Wildman–Crippen LogP) is 3.55. The fourth-order valence-electron chi connectivity index (χ4n) is 1.92. The first-order chi connectivity index (χ1) is 8.56. The molecule has 0 fully saturated rings. The molecule has 0 spiro atoms. The third-order valence-electron chi connectivity index (χ3n) is 2.94. The van der Waals surface area contributed by atoms with Gasteiger partial charge in [0, 0.05) is 6.42 Å². The van der Waals surface area contributed by atoms with Crippen LogP contribution < -0.4 is 0 Å². The summed E-state index contributed by atoms with van der Waals surface area (Å²) >= 11 is 0. The number of rotatable bonds is 3. The molecule has 1 unspecified atom stereocenters. The molecule has 2 rings (SSSR count). The second-order valence-electron chi connectivity index (χ2n) is 4.35. The first-order valence-corrected chi connectivity index (χ1v) is 5.75. The first-order valence-electron chi connectivity index (χ1n) is 5.75. The maximum Gasteiger partial charge on any atom is 0.123 e. The number of halogens is 2. The third-order valence-corrected chi connectivity index (χ3v) is 2.94. The van der Waals surface area contributed by atoms with Gasteiger partial charge in [0.05, 0.1) is 6.10 Å². The van der Waals surface area contributed by atoms with E-state index < -0.39 is 6.10 Å². The second kappa shape index (κ2) is 5.27. The van der Waals surface area contributed by atoms with Crippen molar-refractivity contribution < 1.29 is 13.9 Å². The highest BCUT2D eigenvalue weighted by molar-refractivity contribution is 5.30. The van der Waals surface area contributed by atoms with Crippen LogP contribution in [0, 0.1) is 18.6 Å². The van der Waals surface area contributed by atoms with E-state index in [0.717, 1.165) is 11.1 Å². The molecular formula is C15H14F2O. The minimum Gasteiger partial charge on any atom is -0.388 e. The molecule has 0 saturated carbocycles. The van der Waals surface area contributed by atoms with Crippen molar-refractivity contribution in [3.05, 3.63) is 70.8 Å². The average Bonchev–Trinajstić information content (AvgIpc) is 2.35. The van der Waals surface area contributed by atoms with Crippen molar-refractivity contribution in [2.24, 2.45) is 0 Å². The molecule has 18 heavy (non-hydrogen) atoms. The summed E-state index contributed by atoms with van der Waals surface area (Å²) in [5.41, 5.74) is 2.22. The van der Waals surface area contributed by atoms with Crippen LogP contribution in [0.4, 0.5) is 8.78 Å². The van der Waals surface area contributed by atoms with Gasteiger partial charge in [-0.2, -0.15) is 0 Å². The average molecular weight is 248 g/mol. The van der Waals surface area contributed by atoms with Crippen molar-refractivity contribution in [2.45, 2.75) is 19.4 Å². The van der Waals surface area contributed by atoms with Gasteiger partial charge < -0.3 is 5.11 Å². The Balaban J connectivity index is 2.18. The Morgan fingerprint density at radius 3 is 2.28 bits per heavy atom. The van der Waals surface area contributed by atoms with E-state index in [4.69, 9.17) is 0 Å². The molecule has 1 nitrogen and oxygen atoms in total. The third kappa shape index (κ3) is 2.93. The van der Waals surface area contributed by atoms with Gasteiger partial charge >= 0.3 is 0 Å². The number of aliphatic hydroxyl groups is 1. The van der Waals surface area contributed by atoms with Crippen LogP contribution in [0.5, 0.6) is 0 Å². The monoisotopic (exact) mass is 248 g/mol. The largest absolute Gasteiger partial charge is 0.388 e. The van der Waals surface area contributed by atoms with Gasteiger partial charge in [-0.05, 0) is 47.9 Å². The molecule has 1 N–H and O–H groups in total. The van der Waals surface area contributed by atoms with E-state index in [1.165, 1.54) is 24.3 Å². The highest BCUT2D eigenvalue weighted by Gasteiger charge is 2.12. The summed E-state index contributed by atoms with van der Waals surface area (Å²) in [6.07, 6.45) is -0.448. The molecule has 0 heterocycles. The Labute approximate surface area is 105 Å². The molecule has 2 aromatic carbocycles. The van der Waals surface area contributed by atoms with Crippen molar-refractivity contribution in [1.29, 1.82) is 0 Å². The summed E-state index contributed by atoms with van der Waals surface area (Å²) in [5.74, 6) is -0.677. The first kappa shape index (κ1) is 12.7. The maximum absolute atomic E-state index is 13.1. The van der Waals surface area contributed by atoms with Crippen LogP contribution in [0.2, 0.25) is 0 Å². The van der Waals surface area contributed by atoms with Crippen molar-refractivity contribution in [3.63, 3.8) is 0 Å². The number of aliphatic hydroxyl groups excluding tert-OH is 1. The highest BCUT2D eigenvalue weighted by atomic mass is 19.1. The SMILES string of the molecule is Cc1ccc(F)cc1C(O)Cc1ccc(F)cc1. The predicted molar refractivity (Wildman–Crippen MR) is 66.2 cm³/mol. The smallest absolute Gasteiger partial charge is 0.123 e. The fraction of sp³-hybridized carbons (Fsp3) is 0.200. The molecule has 3 heteroatoms. The summed E-state index contributed by atoms with van der Waals surface area (Å²) in [7, 11) is 0. The molecule has 1 atom stereocenters. The second-order valence-corrected chi connectivity index (χ2v) is 4.35. The zero-order valence-corrected chi connectivity index (χ0v) is 10.0. The van der Waals surface area contributed by atoms with Gasteiger partial charge in [-0.15, -0.1) is 0 Å². The number of benzene rings is 2. The molecule has 0 aliphatic heterocycles. The van der Waals surface area contributed by atoms with Crippen LogP contribution in [0.3, 0.4) is 0 Å². The molecule has 0 aliphatic carbocycles. The Bertz CT molecular complexity index is 535. The van der Waals surface area contributed by atoms with E-state index in [2.05, 4.69) is 0 Å². The molecule has 0 radical (unpaired) electrons.